The van der Waals surface area contributed by atoms with Crippen molar-refractivity contribution in [2.24, 2.45) is 0 Å². The van der Waals surface area contributed by atoms with Crippen LogP contribution in [0.3, 0.4) is 0 Å². The average molecular weight is 303 g/mol. The van der Waals surface area contributed by atoms with Gasteiger partial charge in [-0.05, 0) is 0 Å². The molecule has 1 rings (SSSR count). The Morgan fingerprint density at radius 1 is 1.07 bits per heavy atom. The Morgan fingerprint density at radius 2 is 1.50 bits per heavy atom. The van der Waals surface area contributed by atoms with E-state index in [1.54, 1.807) is 0 Å². The Morgan fingerprint density at radius 3 is 1.93 bits per heavy atom. The molecule has 0 N–H and O–H groups in total. The second-order valence-corrected chi connectivity index (χ2v) is 44.8. The van der Waals surface area contributed by atoms with E-state index in [0.29, 0.717) is 0 Å². The van der Waals surface area contributed by atoms with E-state index in [2.05, 4.69) is 39.3 Å². The van der Waals surface area contributed by atoms with Gasteiger partial charge in [-0.3, -0.25) is 0 Å². The maximum Gasteiger partial charge on any atom is 0.256 e. The van der Waals surface area contributed by atoms with E-state index in [1.807, 2.05) is 0 Å². The first-order chi connectivity index (χ1) is 6.05. The number of alkyl halides is 1. The predicted octanol–water partition coefficient (Wildman–Crippen LogP) is 2.94. The van der Waals surface area contributed by atoms with Gasteiger partial charge >= 0.3 is 0 Å². The first-order valence-corrected chi connectivity index (χ1v) is 20.5. The van der Waals surface area contributed by atoms with Crippen LogP contribution in [0.5, 0.6) is 0 Å². The molecule has 0 amide bonds. The summed E-state index contributed by atoms with van der Waals surface area (Å²) in [6.45, 7) is 14.7. The fourth-order valence-corrected chi connectivity index (χ4v) is 67.6. The summed E-state index contributed by atoms with van der Waals surface area (Å²) in [5, 5.41) is -0.0288. The van der Waals surface area contributed by atoms with Crippen molar-refractivity contribution in [3.63, 3.8) is 0 Å². The third kappa shape index (κ3) is 1.65. The molecule has 2 atom stereocenters. The summed E-state index contributed by atoms with van der Waals surface area (Å²) in [4.78, 5) is 0. The molecule has 0 bridgehead atoms. The maximum absolute atomic E-state index is 6.47. The summed E-state index contributed by atoms with van der Waals surface area (Å²) in [7, 11) is -5.42. The Labute approximate surface area is 101 Å². The fourth-order valence-electron chi connectivity index (χ4n) is 1.84. The van der Waals surface area contributed by atoms with E-state index >= 15 is 0 Å². The molecule has 1 heterocycles. The molecular weight excluding hydrogens is 283 g/mol. The van der Waals surface area contributed by atoms with Crippen LogP contribution in [0.15, 0.2) is 0 Å². The van der Waals surface area contributed by atoms with Crippen LogP contribution in [0.4, 0.5) is 0 Å². The molecule has 0 aromatic rings. The molecule has 1 nitrogen and oxygen atoms in total. The minimum absolute atomic E-state index is 0.0288. The van der Waals surface area contributed by atoms with E-state index in [1.165, 1.54) is 0 Å². The number of hydrogen-bond donors (Lipinski definition) is 0. The highest BCUT2D eigenvalue weighted by atomic mass is 35.6. The van der Waals surface area contributed by atoms with Gasteiger partial charge in [-0.1, -0.05) is 50.9 Å². The Hall–Kier alpha value is 1.41. The molecule has 0 aromatic heterocycles. The molecule has 14 heavy (non-hydrogen) atoms. The second kappa shape index (κ2) is 3.71. The molecule has 0 aliphatic carbocycles. The molecule has 0 saturated carbocycles. The highest BCUT2D eigenvalue weighted by Crippen LogP contribution is 2.40. The smallest absolute Gasteiger partial charge is 0.256 e. The van der Waals surface area contributed by atoms with Crippen molar-refractivity contribution in [1.82, 2.24) is 0 Å². The van der Waals surface area contributed by atoms with Gasteiger partial charge in [0.1, 0.15) is 5.19 Å². The van der Waals surface area contributed by atoms with Gasteiger partial charge in [-0.15, -0.1) is 11.1 Å². The van der Waals surface area contributed by atoms with E-state index < -0.39 is 29.7 Å². The third-order valence-corrected chi connectivity index (χ3v) is 70.5. The molecule has 1 fully saturated rings. The largest absolute Gasteiger partial charge is 0.395 e. The molecule has 7 heteroatoms. The van der Waals surface area contributed by atoms with Crippen LogP contribution in [0.25, 0.3) is 0 Å². The zero-order valence-electron chi connectivity index (χ0n) is 9.82. The van der Waals surface area contributed by atoms with Crippen LogP contribution in [0.1, 0.15) is 0 Å². The third-order valence-electron chi connectivity index (χ3n) is 4.60. The maximum atomic E-state index is 6.47. The zero-order valence-corrected chi connectivity index (χ0v) is 15.5. The van der Waals surface area contributed by atoms with Gasteiger partial charge < -0.3 is 4.43 Å². The van der Waals surface area contributed by atoms with Gasteiger partial charge in [0.25, 0.3) is 7.87 Å². The van der Waals surface area contributed by atoms with E-state index in [-0.39, 0.29) is 5.19 Å². The van der Waals surface area contributed by atoms with Crippen molar-refractivity contribution in [3.8, 4) is 0 Å². The fraction of sp³-hybridized carbons (Fsp3) is 1.00. The molecule has 0 aromatic carbocycles. The average Bonchev–Trinajstić information content (AvgIpc) is 2.01. The molecule has 2 unspecified atom stereocenters. The van der Waals surface area contributed by atoms with Crippen LogP contribution >= 0.6 is 22.7 Å². The van der Waals surface area contributed by atoms with Gasteiger partial charge in [0.2, 0.25) is 0 Å². The topological polar surface area (TPSA) is 9.23 Å². The molecular formula is C7H20Cl2OSi4. The van der Waals surface area contributed by atoms with E-state index in [0.717, 1.165) is 0 Å². The van der Waals surface area contributed by atoms with Crippen molar-refractivity contribution in [2.75, 3.05) is 0 Å². The van der Waals surface area contributed by atoms with Crippen LogP contribution in [0.2, 0.25) is 39.3 Å². The highest BCUT2D eigenvalue weighted by Gasteiger charge is 2.63. The molecule has 1 aliphatic heterocycles. The van der Waals surface area contributed by atoms with Gasteiger partial charge in [-0.2, -0.15) is 0 Å². The van der Waals surface area contributed by atoms with E-state index in [9.17, 15) is 0 Å². The standard InChI is InChI=1S/C7H20Cl2OSi4/c1-12(2)7(8)10-11(9)13(3,4)14(12,5)6/h7,11H,1-6H3. The first-order valence-electron chi connectivity index (χ1n) is 4.99. The summed E-state index contributed by atoms with van der Waals surface area (Å²) in [6.07, 6.45) is 0. The monoisotopic (exact) mass is 302 g/mol. The van der Waals surface area contributed by atoms with Gasteiger partial charge in [-0.25, -0.2) is 0 Å². The van der Waals surface area contributed by atoms with Crippen molar-refractivity contribution in [1.29, 1.82) is 0 Å². The van der Waals surface area contributed by atoms with E-state index in [4.69, 9.17) is 27.1 Å². The zero-order chi connectivity index (χ0) is 11.4. The van der Waals surface area contributed by atoms with Crippen molar-refractivity contribution < 1.29 is 4.43 Å². The van der Waals surface area contributed by atoms with Gasteiger partial charge in [0.05, 0.1) is 14.7 Å². The SMILES string of the molecule is C[Si]1(C)C(Cl)O[SiH](Cl)[Si](C)(C)[Si]1(C)C. The van der Waals surface area contributed by atoms with Crippen LogP contribution < -0.4 is 0 Å². The van der Waals surface area contributed by atoms with Crippen molar-refractivity contribution >= 4 is 52.4 Å². The van der Waals surface area contributed by atoms with Crippen molar-refractivity contribution in [2.45, 2.75) is 44.5 Å². The number of rotatable bonds is 0. The summed E-state index contributed by atoms with van der Waals surface area (Å²) in [5.41, 5.74) is 0. The predicted molar refractivity (Wildman–Crippen MR) is 76.2 cm³/mol. The molecule has 1 saturated heterocycles. The Balaban J connectivity index is 3.17. The number of hydrogen-bond acceptors (Lipinski definition) is 1. The number of halogens is 2. The quantitative estimate of drug-likeness (QED) is 0.380. The summed E-state index contributed by atoms with van der Waals surface area (Å²) >= 11 is 12.8. The lowest BCUT2D eigenvalue weighted by molar-refractivity contribution is 0.368. The normalized spacial score (nSPS) is 39.4. The lowest BCUT2D eigenvalue weighted by atomic mass is 11.6. The molecule has 84 valence electrons. The van der Waals surface area contributed by atoms with Crippen molar-refractivity contribution in [3.05, 3.63) is 0 Å². The lowest BCUT2D eigenvalue weighted by Gasteiger charge is -2.55. The molecule has 0 spiro atoms. The van der Waals surface area contributed by atoms with Gasteiger partial charge in [0.15, 0.2) is 0 Å². The van der Waals surface area contributed by atoms with Crippen LogP contribution in [-0.2, 0) is 4.43 Å². The van der Waals surface area contributed by atoms with Crippen LogP contribution in [-0.4, -0.2) is 34.9 Å². The summed E-state index contributed by atoms with van der Waals surface area (Å²) < 4.78 is 5.88. The highest BCUT2D eigenvalue weighted by molar-refractivity contribution is 7.85. The summed E-state index contributed by atoms with van der Waals surface area (Å²) in [6, 6.07) is 0. The van der Waals surface area contributed by atoms with Gasteiger partial charge in [0, 0.05) is 7.11 Å². The molecule has 1 aliphatic rings. The Bertz CT molecular complexity index is 222. The Kier molecular flexibility index (Phi) is 3.57. The lowest BCUT2D eigenvalue weighted by Crippen LogP contribution is -2.82. The minimum Gasteiger partial charge on any atom is -0.395 e. The summed E-state index contributed by atoms with van der Waals surface area (Å²) in [5.74, 6) is 0. The van der Waals surface area contributed by atoms with Crippen LogP contribution in [0, 0.1) is 0 Å². The first kappa shape index (κ1) is 13.5. The molecule has 0 radical (unpaired) electrons. The second-order valence-electron chi connectivity index (χ2n) is 5.84. The minimum atomic E-state index is -1.49.